The Hall–Kier alpha value is -2.96. The number of aromatic nitrogens is 1. The zero-order valence-corrected chi connectivity index (χ0v) is 19.4. The van der Waals surface area contributed by atoms with E-state index in [4.69, 9.17) is 0 Å². The average molecular weight is 463 g/mol. The topological polar surface area (TPSA) is 42.3 Å². The molecule has 3 aromatic carbocycles. The first kappa shape index (κ1) is 21.9. The summed E-state index contributed by atoms with van der Waals surface area (Å²) in [5, 5.41) is 1.22. The molecule has 33 heavy (non-hydrogen) atoms. The van der Waals surface area contributed by atoms with Crippen LogP contribution in [-0.4, -0.2) is 30.4 Å². The van der Waals surface area contributed by atoms with Crippen molar-refractivity contribution < 1.29 is 12.8 Å². The van der Waals surface area contributed by atoms with Gasteiger partial charge < -0.3 is 4.57 Å². The maximum atomic E-state index is 13.4. The molecule has 4 nitrogen and oxygen atoms in total. The molecule has 0 unspecified atom stereocenters. The second-order valence-corrected chi connectivity index (χ2v) is 10.7. The third kappa shape index (κ3) is 4.09. The number of rotatable bonds is 5. The Morgan fingerprint density at radius 2 is 1.52 bits per heavy atom. The molecule has 0 atom stereocenters. The molecule has 6 heteroatoms. The molecule has 0 saturated carbocycles. The number of hydrogen-bond donors (Lipinski definition) is 0. The number of fused-ring (bicyclic) bond motifs is 1. The molecule has 5 rings (SSSR count). The Morgan fingerprint density at radius 3 is 2.21 bits per heavy atom. The summed E-state index contributed by atoms with van der Waals surface area (Å²) in [5.74, 6) is 0.0670. The monoisotopic (exact) mass is 462 g/mol. The van der Waals surface area contributed by atoms with E-state index in [9.17, 15) is 12.8 Å². The van der Waals surface area contributed by atoms with Crippen molar-refractivity contribution in [1.82, 2.24) is 8.87 Å². The highest BCUT2D eigenvalue weighted by atomic mass is 32.2. The van der Waals surface area contributed by atoms with Crippen LogP contribution in [-0.2, 0) is 16.6 Å². The van der Waals surface area contributed by atoms with Gasteiger partial charge in [0.25, 0.3) is 0 Å². The summed E-state index contributed by atoms with van der Waals surface area (Å²) < 4.78 is 43.4. The summed E-state index contributed by atoms with van der Waals surface area (Å²) in [6, 6.07) is 23.7. The molecule has 4 aromatic rings. The van der Waals surface area contributed by atoms with Gasteiger partial charge in [-0.25, -0.2) is 12.8 Å². The van der Waals surface area contributed by atoms with Gasteiger partial charge in [0.15, 0.2) is 0 Å². The Morgan fingerprint density at radius 1 is 0.879 bits per heavy atom. The molecule has 0 amide bonds. The predicted molar refractivity (Wildman–Crippen MR) is 129 cm³/mol. The van der Waals surface area contributed by atoms with E-state index in [0.717, 1.165) is 23.9 Å². The van der Waals surface area contributed by atoms with Crippen LogP contribution < -0.4 is 0 Å². The van der Waals surface area contributed by atoms with Crippen LogP contribution in [0.5, 0.6) is 0 Å². The normalized spacial score (nSPS) is 15.8. The highest BCUT2D eigenvalue weighted by Gasteiger charge is 2.32. The fourth-order valence-corrected chi connectivity index (χ4v) is 6.57. The summed E-state index contributed by atoms with van der Waals surface area (Å²) in [5.41, 5.74) is 4.72. The van der Waals surface area contributed by atoms with Crippen LogP contribution in [0.4, 0.5) is 4.39 Å². The lowest BCUT2D eigenvalue weighted by atomic mass is 9.88. The zero-order chi connectivity index (χ0) is 23.0. The van der Waals surface area contributed by atoms with Crippen LogP contribution in [0, 0.1) is 12.7 Å². The number of hydrogen-bond acceptors (Lipinski definition) is 2. The lowest BCUT2D eigenvalue weighted by Gasteiger charge is -2.31. The first-order chi connectivity index (χ1) is 15.9. The molecule has 0 spiro atoms. The van der Waals surface area contributed by atoms with Gasteiger partial charge in [-0.15, -0.1) is 0 Å². The van der Waals surface area contributed by atoms with Crippen molar-refractivity contribution in [2.75, 3.05) is 13.1 Å². The van der Waals surface area contributed by atoms with E-state index in [2.05, 4.69) is 29.7 Å². The van der Waals surface area contributed by atoms with Crippen molar-refractivity contribution in [2.45, 2.75) is 37.1 Å². The highest BCUT2D eigenvalue weighted by molar-refractivity contribution is 7.89. The molecule has 1 aliphatic rings. The molecule has 0 bridgehead atoms. The van der Waals surface area contributed by atoms with Crippen LogP contribution in [0.2, 0.25) is 0 Å². The summed E-state index contributed by atoms with van der Waals surface area (Å²) in [4.78, 5) is 0.357. The summed E-state index contributed by atoms with van der Waals surface area (Å²) in [6.45, 7) is 3.84. The van der Waals surface area contributed by atoms with Crippen LogP contribution in [0.15, 0.2) is 83.8 Å². The molecule has 170 valence electrons. The molecule has 0 radical (unpaired) electrons. The second kappa shape index (κ2) is 8.76. The standard InChI is InChI=1S/C27H27FN2O2S/c1-20-27(22-15-17-29(18-16-22)33(31,32)24-7-3-2-4-8-24)25-9-5-6-10-26(25)30(20)19-21-11-13-23(28)14-12-21/h2-14,22H,15-19H2,1H3. The molecule has 0 N–H and O–H groups in total. The van der Waals surface area contributed by atoms with E-state index in [1.807, 2.05) is 24.3 Å². The summed E-state index contributed by atoms with van der Waals surface area (Å²) in [7, 11) is -3.46. The Labute approximate surface area is 194 Å². The number of piperidine rings is 1. The average Bonchev–Trinajstić information content (AvgIpc) is 3.12. The lowest BCUT2D eigenvalue weighted by molar-refractivity contribution is 0.319. The quantitative estimate of drug-likeness (QED) is 0.382. The second-order valence-electron chi connectivity index (χ2n) is 8.72. The van der Waals surface area contributed by atoms with Gasteiger partial charge in [-0.1, -0.05) is 48.5 Å². The summed E-state index contributed by atoms with van der Waals surface area (Å²) >= 11 is 0. The molecule has 1 aliphatic heterocycles. The van der Waals surface area contributed by atoms with Gasteiger partial charge in [0.1, 0.15) is 5.82 Å². The van der Waals surface area contributed by atoms with Crippen molar-refractivity contribution in [3.63, 3.8) is 0 Å². The van der Waals surface area contributed by atoms with Crippen LogP contribution in [0.25, 0.3) is 10.9 Å². The third-order valence-electron chi connectivity index (χ3n) is 6.78. The number of sulfonamides is 1. The van der Waals surface area contributed by atoms with E-state index in [0.29, 0.717) is 30.4 Å². The van der Waals surface area contributed by atoms with Crippen molar-refractivity contribution in [1.29, 1.82) is 0 Å². The maximum Gasteiger partial charge on any atom is 0.243 e. The minimum atomic E-state index is -3.46. The molecule has 1 saturated heterocycles. The van der Waals surface area contributed by atoms with E-state index >= 15 is 0 Å². The molecule has 0 aliphatic carbocycles. The number of halogens is 1. The fourth-order valence-electron chi connectivity index (χ4n) is 5.08. The van der Waals surface area contributed by atoms with E-state index < -0.39 is 10.0 Å². The number of nitrogens with zero attached hydrogens (tertiary/aromatic N) is 2. The first-order valence-electron chi connectivity index (χ1n) is 11.3. The van der Waals surface area contributed by atoms with Crippen molar-refractivity contribution in [3.05, 3.63) is 102 Å². The summed E-state index contributed by atoms with van der Waals surface area (Å²) in [6.07, 6.45) is 1.58. The van der Waals surface area contributed by atoms with Crippen molar-refractivity contribution in [2.24, 2.45) is 0 Å². The van der Waals surface area contributed by atoms with Gasteiger partial charge >= 0.3 is 0 Å². The predicted octanol–water partition coefficient (Wildman–Crippen LogP) is 5.71. The SMILES string of the molecule is Cc1c(C2CCN(S(=O)(=O)c3ccccc3)CC2)c2ccccc2n1Cc1ccc(F)cc1. The minimum absolute atomic E-state index is 0.231. The molecular weight excluding hydrogens is 435 g/mol. The largest absolute Gasteiger partial charge is 0.340 e. The van der Waals surface area contributed by atoms with Crippen LogP contribution in [0.1, 0.15) is 35.6 Å². The third-order valence-corrected chi connectivity index (χ3v) is 8.69. The van der Waals surface area contributed by atoms with Gasteiger partial charge in [0, 0.05) is 36.2 Å². The van der Waals surface area contributed by atoms with Gasteiger partial charge in [0.05, 0.1) is 4.90 Å². The smallest absolute Gasteiger partial charge is 0.243 e. The van der Waals surface area contributed by atoms with E-state index in [1.54, 1.807) is 28.6 Å². The molecular formula is C27H27FN2O2S. The van der Waals surface area contributed by atoms with Crippen LogP contribution in [0.3, 0.4) is 0 Å². The molecule has 2 heterocycles. The molecule has 1 fully saturated rings. The van der Waals surface area contributed by atoms with Crippen molar-refractivity contribution in [3.8, 4) is 0 Å². The van der Waals surface area contributed by atoms with Crippen molar-refractivity contribution >= 4 is 20.9 Å². The van der Waals surface area contributed by atoms with Gasteiger partial charge in [0.2, 0.25) is 10.0 Å². The first-order valence-corrected chi connectivity index (χ1v) is 12.8. The Bertz CT molecular complexity index is 1370. The van der Waals surface area contributed by atoms with Gasteiger partial charge in [-0.05, 0) is 67.1 Å². The number of para-hydroxylation sites is 1. The Balaban J connectivity index is 1.43. The maximum absolute atomic E-state index is 13.4. The molecule has 1 aromatic heterocycles. The van der Waals surface area contributed by atoms with E-state index in [1.165, 1.54) is 28.8 Å². The zero-order valence-electron chi connectivity index (χ0n) is 18.6. The number of benzene rings is 3. The van der Waals surface area contributed by atoms with Gasteiger partial charge in [-0.3, -0.25) is 0 Å². The Kier molecular flexibility index (Phi) is 5.81. The minimum Gasteiger partial charge on any atom is -0.340 e. The lowest BCUT2D eigenvalue weighted by Crippen LogP contribution is -2.38. The van der Waals surface area contributed by atoms with Crippen LogP contribution >= 0.6 is 0 Å². The highest BCUT2D eigenvalue weighted by Crippen LogP contribution is 2.38. The van der Waals surface area contributed by atoms with Gasteiger partial charge in [-0.2, -0.15) is 4.31 Å². The van der Waals surface area contributed by atoms with E-state index in [-0.39, 0.29) is 5.82 Å². The fraction of sp³-hybridized carbons (Fsp3) is 0.259.